The molecule has 1 amide bonds. The number of fused-ring (bicyclic) bond motifs is 1. The predicted octanol–water partition coefficient (Wildman–Crippen LogP) is 1.49. The van der Waals surface area contributed by atoms with Gasteiger partial charge in [0.15, 0.2) is 0 Å². The summed E-state index contributed by atoms with van der Waals surface area (Å²) in [6, 6.07) is 4.07. The van der Waals surface area contributed by atoms with Crippen LogP contribution in [0.4, 0.5) is 0 Å². The number of thiophene rings is 1. The fourth-order valence-electron chi connectivity index (χ4n) is 3.52. The molecule has 0 radical (unpaired) electrons. The second-order valence-electron chi connectivity index (χ2n) is 6.09. The lowest BCUT2D eigenvalue weighted by Gasteiger charge is -2.42. The van der Waals surface area contributed by atoms with E-state index in [9.17, 15) is 4.79 Å². The van der Waals surface area contributed by atoms with E-state index in [-0.39, 0.29) is 17.4 Å². The summed E-state index contributed by atoms with van der Waals surface area (Å²) >= 11 is 1.67. The smallest absolute Gasteiger partial charge is 0.230 e. The Hall–Kier alpha value is -0.950. The number of hydrogen-bond acceptors (Lipinski definition) is 5. The third kappa shape index (κ3) is 3.20. The molecule has 6 heteroatoms. The van der Waals surface area contributed by atoms with Crippen molar-refractivity contribution in [3.63, 3.8) is 0 Å². The zero-order valence-electron chi connectivity index (χ0n) is 13.0. The van der Waals surface area contributed by atoms with Gasteiger partial charge in [0, 0.05) is 38.2 Å². The van der Waals surface area contributed by atoms with Crippen molar-refractivity contribution in [1.82, 2.24) is 10.2 Å². The van der Waals surface area contributed by atoms with Crippen molar-refractivity contribution in [3.8, 4) is 0 Å². The number of nitrogens with zero attached hydrogens (tertiary/aromatic N) is 1. The van der Waals surface area contributed by atoms with E-state index in [1.165, 1.54) is 4.88 Å². The third-order valence-electron chi connectivity index (χ3n) is 4.76. The maximum atomic E-state index is 12.9. The van der Waals surface area contributed by atoms with Crippen LogP contribution < -0.4 is 5.32 Å². The Morgan fingerprint density at radius 1 is 1.64 bits per heavy atom. The van der Waals surface area contributed by atoms with Crippen LogP contribution in [0.15, 0.2) is 17.5 Å². The number of likely N-dealkylation sites (tertiary alicyclic amines) is 1. The number of ether oxygens (including phenoxy) is 2. The molecular weight excluding hydrogens is 300 g/mol. The van der Waals surface area contributed by atoms with Crippen molar-refractivity contribution < 1.29 is 14.3 Å². The fourth-order valence-corrected chi connectivity index (χ4v) is 4.17. The summed E-state index contributed by atoms with van der Waals surface area (Å²) < 4.78 is 11.0. The average molecular weight is 324 g/mol. The van der Waals surface area contributed by atoms with Crippen LogP contribution >= 0.6 is 11.3 Å². The largest absolute Gasteiger partial charge is 0.383 e. The Bertz CT molecular complexity index is 494. The number of methoxy groups -OCH3 is 1. The number of amides is 1. The van der Waals surface area contributed by atoms with Crippen molar-refractivity contribution >= 4 is 17.2 Å². The lowest BCUT2D eigenvalue weighted by atomic mass is 9.75. The van der Waals surface area contributed by atoms with Crippen molar-refractivity contribution in [3.05, 3.63) is 22.4 Å². The van der Waals surface area contributed by atoms with E-state index in [1.807, 2.05) is 11.4 Å². The van der Waals surface area contributed by atoms with Crippen LogP contribution in [0.3, 0.4) is 0 Å². The van der Waals surface area contributed by atoms with Gasteiger partial charge in [-0.05, 0) is 24.3 Å². The van der Waals surface area contributed by atoms with Gasteiger partial charge in [0.1, 0.15) is 0 Å². The van der Waals surface area contributed by atoms with Crippen molar-refractivity contribution in [1.29, 1.82) is 0 Å². The van der Waals surface area contributed by atoms with Gasteiger partial charge in [-0.3, -0.25) is 9.69 Å². The summed E-state index contributed by atoms with van der Waals surface area (Å²) in [6.07, 6.45) is 1.81. The topological polar surface area (TPSA) is 50.8 Å². The molecule has 1 aromatic heterocycles. The third-order valence-corrected chi connectivity index (χ3v) is 5.64. The summed E-state index contributed by atoms with van der Waals surface area (Å²) in [4.78, 5) is 16.4. The predicted molar refractivity (Wildman–Crippen MR) is 85.9 cm³/mol. The van der Waals surface area contributed by atoms with Gasteiger partial charge in [0.25, 0.3) is 0 Å². The van der Waals surface area contributed by atoms with Gasteiger partial charge < -0.3 is 14.8 Å². The van der Waals surface area contributed by atoms with Crippen molar-refractivity contribution in [2.45, 2.75) is 25.5 Å². The Morgan fingerprint density at radius 3 is 3.32 bits per heavy atom. The second-order valence-corrected chi connectivity index (χ2v) is 7.12. The van der Waals surface area contributed by atoms with E-state index >= 15 is 0 Å². The van der Waals surface area contributed by atoms with E-state index in [0.717, 1.165) is 32.5 Å². The molecule has 1 N–H and O–H groups in total. The van der Waals surface area contributed by atoms with Gasteiger partial charge in [-0.25, -0.2) is 0 Å². The quantitative estimate of drug-likeness (QED) is 0.861. The number of carbonyl (C=O) groups is 1. The zero-order chi connectivity index (χ0) is 15.4. The highest BCUT2D eigenvalue weighted by Gasteiger charge is 2.52. The van der Waals surface area contributed by atoms with Gasteiger partial charge in [0.2, 0.25) is 5.91 Å². The molecule has 2 atom stereocenters. The lowest BCUT2D eigenvalue weighted by Crippen LogP contribution is -2.57. The van der Waals surface area contributed by atoms with Gasteiger partial charge in [-0.2, -0.15) is 0 Å². The Labute approximate surface area is 135 Å². The van der Waals surface area contributed by atoms with Crippen LogP contribution in [-0.4, -0.2) is 56.9 Å². The van der Waals surface area contributed by atoms with E-state index < -0.39 is 0 Å². The maximum absolute atomic E-state index is 12.9. The fraction of sp³-hybridized carbons (Fsp3) is 0.688. The van der Waals surface area contributed by atoms with Crippen LogP contribution in [0, 0.1) is 5.41 Å². The summed E-state index contributed by atoms with van der Waals surface area (Å²) in [6.45, 7) is 4.64. The first-order chi connectivity index (χ1) is 10.7. The van der Waals surface area contributed by atoms with E-state index in [2.05, 4.69) is 16.3 Å². The molecule has 0 saturated carbocycles. The summed E-state index contributed by atoms with van der Waals surface area (Å²) in [5, 5.41) is 5.16. The molecule has 3 heterocycles. The number of carbonyl (C=O) groups excluding carboxylic acids is 1. The van der Waals surface area contributed by atoms with Crippen LogP contribution in [0.5, 0.6) is 0 Å². The zero-order valence-corrected chi connectivity index (χ0v) is 13.9. The number of piperidine rings is 1. The van der Waals surface area contributed by atoms with E-state index in [1.54, 1.807) is 18.4 Å². The van der Waals surface area contributed by atoms with Gasteiger partial charge in [0.05, 0.1) is 24.7 Å². The standard InChI is InChI=1S/C16H24N2O3S/c1-20-9-7-18-6-4-14-16(12-18,5-8-21-14)15(19)17-11-13-3-2-10-22-13/h2-3,10,14H,4-9,11-12H2,1H3,(H,17,19)/t14-,16-/m1/s1. The molecule has 1 aromatic rings. The Balaban J connectivity index is 1.65. The molecule has 2 aliphatic rings. The maximum Gasteiger partial charge on any atom is 0.230 e. The molecule has 5 nitrogen and oxygen atoms in total. The highest BCUT2D eigenvalue weighted by molar-refractivity contribution is 7.09. The molecule has 0 aromatic carbocycles. The molecule has 122 valence electrons. The van der Waals surface area contributed by atoms with Crippen LogP contribution in [0.2, 0.25) is 0 Å². The first kappa shape index (κ1) is 15.9. The number of rotatable bonds is 6. The Kier molecular flexibility index (Phi) is 5.13. The second kappa shape index (κ2) is 7.08. The van der Waals surface area contributed by atoms with Crippen LogP contribution in [0.1, 0.15) is 17.7 Å². The molecule has 0 aliphatic carbocycles. The minimum Gasteiger partial charge on any atom is -0.383 e. The highest BCUT2D eigenvalue weighted by Crippen LogP contribution is 2.41. The minimum atomic E-state index is -0.386. The van der Waals surface area contributed by atoms with Crippen molar-refractivity contribution in [2.75, 3.05) is 40.0 Å². The number of hydrogen-bond donors (Lipinski definition) is 1. The monoisotopic (exact) mass is 324 g/mol. The van der Waals surface area contributed by atoms with Crippen LogP contribution in [0.25, 0.3) is 0 Å². The van der Waals surface area contributed by atoms with E-state index in [0.29, 0.717) is 19.8 Å². The van der Waals surface area contributed by atoms with Gasteiger partial charge in [-0.1, -0.05) is 6.07 Å². The normalized spacial score (nSPS) is 28.5. The molecule has 0 bridgehead atoms. The van der Waals surface area contributed by atoms with Crippen LogP contribution in [-0.2, 0) is 20.8 Å². The molecule has 0 spiro atoms. The first-order valence-corrected chi connectivity index (χ1v) is 8.76. The highest BCUT2D eigenvalue weighted by atomic mass is 32.1. The Morgan fingerprint density at radius 2 is 2.55 bits per heavy atom. The minimum absolute atomic E-state index is 0.0645. The number of nitrogens with one attached hydrogen (secondary N) is 1. The molecule has 0 unspecified atom stereocenters. The molecule has 3 rings (SSSR count). The summed E-state index contributed by atoms with van der Waals surface area (Å²) in [5.41, 5.74) is -0.386. The lowest BCUT2D eigenvalue weighted by molar-refractivity contribution is -0.139. The van der Waals surface area contributed by atoms with E-state index in [4.69, 9.17) is 9.47 Å². The summed E-state index contributed by atoms with van der Waals surface area (Å²) in [7, 11) is 1.72. The molecule has 2 aliphatic heterocycles. The van der Waals surface area contributed by atoms with Gasteiger partial charge >= 0.3 is 0 Å². The molecular formula is C16H24N2O3S. The van der Waals surface area contributed by atoms with Gasteiger partial charge in [-0.15, -0.1) is 11.3 Å². The average Bonchev–Trinajstić information content (AvgIpc) is 3.19. The first-order valence-electron chi connectivity index (χ1n) is 7.88. The summed E-state index contributed by atoms with van der Waals surface area (Å²) in [5.74, 6) is 0.144. The SMILES string of the molecule is COCCN1CC[C@H]2OCC[C@@]2(C(=O)NCc2cccs2)C1. The molecule has 2 fully saturated rings. The van der Waals surface area contributed by atoms with Crippen molar-refractivity contribution in [2.24, 2.45) is 5.41 Å². The molecule has 22 heavy (non-hydrogen) atoms. The molecule has 2 saturated heterocycles.